The molecular formula is C24H33NO3. The maximum Gasteiger partial charge on any atom is 0.254 e. The predicted octanol–water partition coefficient (Wildman–Crippen LogP) is 4.53. The number of hydrogen-bond donors (Lipinski definition) is 0. The maximum atomic E-state index is 13.3. The summed E-state index contributed by atoms with van der Waals surface area (Å²) in [5.41, 5.74) is 0.792. The minimum atomic E-state index is 0.200. The van der Waals surface area contributed by atoms with Crippen molar-refractivity contribution in [2.45, 2.75) is 64.0 Å². The second-order valence-electron chi connectivity index (χ2n) is 9.48. The summed E-state index contributed by atoms with van der Waals surface area (Å²) < 4.78 is 11.5. The molecule has 152 valence electrons. The number of benzene rings is 1. The molecule has 4 heteroatoms. The van der Waals surface area contributed by atoms with Crippen LogP contribution in [0.25, 0.3) is 0 Å². The highest BCUT2D eigenvalue weighted by Gasteiger charge is 2.50. The molecule has 0 aromatic heterocycles. The van der Waals surface area contributed by atoms with Gasteiger partial charge in [0.1, 0.15) is 12.4 Å². The summed E-state index contributed by atoms with van der Waals surface area (Å²) in [5.74, 6) is 4.36. The van der Waals surface area contributed by atoms with Crippen molar-refractivity contribution in [1.82, 2.24) is 4.90 Å². The Morgan fingerprint density at radius 2 is 1.75 bits per heavy atom. The molecule has 1 aromatic carbocycles. The average molecular weight is 384 g/mol. The molecule has 4 bridgehead atoms. The van der Waals surface area contributed by atoms with Gasteiger partial charge in [-0.3, -0.25) is 4.79 Å². The molecule has 4 saturated carbocycles. The van der Waals surface area contributed by atoms with E-state index >= 15 is 0 Å². The van der Waals surface area contributed by atoms with Gasteiger partial charge in [-0.2, -0.15) is 0 Å². The molecule has 6 rings (SSSR count). The monoisotopic (exact) mass is 383 g/mol. The van der Waals surface area contributed by atoms with E-state index in [4.69, 9.17) is 9.47 Å². The zero-order valence-corrected chi connectivity index (χ0v) is 17.0. The molecule has 1 saturated heterocycles. The van der Waals surface area contributed by atoms with E-state index in [1.807, 2.05) is 24.3 Å². The molecule has 5 fully saturated rings. The maximum absolute atomic E-state index is 13.3. The van der Waals surface area contributed by atoms with E-state index in [0.717, 1.165) is 61.0 Å². The van der Waals surface area contributed by atoms with Gasteiger partial charge in [-0.1, -0.05) is 0 Å². The first-order chi connectivity index (χ1) is 13.7. The van der Waals surface area contributed by atoms with Gasteiger partial charge >= 0.3 is 0 Å². The van der Waals surface area contributed by atoms with E-state index in [9.17, 15) is 4.79 Å². The second-order valence-corrected chi connectivity index (χ2v) is 9.48. The van der Waals surface area contributed by atoms with Crippen molar-refractivity contribution < 1.29 is 14.3 Å². The second kappa shape index (κ2) is 7.70. The fraction of sp³-hybridized carbons (Fsp3) is 0.708. The minimum Gasteiger partial charge on any atom is -0.491 e. The van der Waals surface area contributed by atoms with E-state index in [1.165, 1.54) is 32.1 Å². The topological polar surface area (TPSA) is 38.8 Å². The Morgan fingerprint density at radius 3 is 2.32 bits per heavy atom. The largest absolute Gasteiger partial charge is 0.491 e. The van der Waals surface area contributed by atoms with Gasteiger partial charge < -0.3 is 14.4 Å². The third-order valence-electron chi connectivity index (χ3n) is 7.70. The summed E-state index contributed by atoms with van der Waals surface area (Å²) in [6, 6.07) is 8.21. The molecule has 5 aliphatic rings. The number of hydrogen-bond acceptors (Lipinski definition) is 3. The van der Waals surface area contributed by atoms with Crippen LogP contribution in [0.1, 0.15) is 62.2 Å². The molecule has 0 unspecified atom stereocenters. The van der Waals surface area contributed by atoms with Gasteiger partial charge in [0.05, 0.1) is 6.10 Å². The number of amides is 1. The summed E-state index contributed by atoms with van der Waals surface area (Å²) >= 11 is 0. The Labute approximate surface area is 168 Å². The van der Waals surface area contributed by atoms with E-state index < -0.39 is 0 Å². The fourth-order valence-corrected chi connectivity index (χ4v) is 6.72. The van der Waals surface area contributed by atoms with Crippen molar-refractivity contribution in [3.05, 3.63) is 29.8 Å². The van der Waals surface area contributed by atoms with Crippen LogP contribution in [-0.4, -0.2) is 42.7 Å². The first-order valence-electron chi connectivity index (χ1n) is 11.4. The first-order valence-corrected chi connectivity index (χ1v) is 11.4. The predicted molar refractivity (Wildman–Crippen MR) is 108 cm³/mol. The summed E-state index contributed by atoms with van der Waals surface area (Å²) in [4.78, 5) is 15.5. The summed E-state index contributed by atoms with van der Waals surface area (Å²) in [6.07, 6.45) is 9.25. The van der Waals surface area contributed by atoms with E-state index in [-0.39, 0.29) is 12.0 Å². The van der Waals surface area contributed by atoms with Gasteiger partial charge in [-0.25, -0.2) is 0 Å². The van der Waals surface area contributed by atoms with E-state index in [2.05, 4.69) is 11.8 Å². The number of nitrogens with zero attached hydrogens (tertiary/aromatic N) is 1. The minimum absolute atomic E-state index is 0.200. The lowest BCUT2D eigenvalue weighted by atomic mass is 9.54. The molecular weight excluding hydrogens is 350 g/mol. The summed E-state index contributed by atoms with van der Waals surface area (Å²) in [6.45, 7) is 4.40. The lowest BCUT2D eigenvalue weighted by molar-refractivity contribution is -0.0543. The van der Waals surface area contributed by atoms with Gasteiger partial charge in [0.25, 0.3) is 5.91 Å². The SMILES string of the molecule is CCN(C(=O)c1ccc(OC[C@@H]2CCCO2)cc1)C1C2CC3CC(C2)CC1C3. The Morgan fingerprint density at radius 1 is 1.07 bits per heavy atom. The molecule has 1 heterocycles. The van der Waals surface area contributed by atoms with Crippen molar-refractivity contribution in [2.75, 3.05) is 19.8 Å². The molecule has 4 nitrogen and oxygen atoms in total. The van der Waals surface area contributed by atoms with Crippen molar-refractivity contribution in [3.8, 4) is 5.75 Å². The van der Waals surface area contributed by atoms with Gasteiger partial charge in [0.15, 0.2) is 0 Å². The van der Waals surface area contributed by atoms with E-state index in [1.54, 1.807) is 0 Å². The zero-order valence-electron chi connectivity index (χ0n) is 17.0. The third kappa shape index (κ3) is 3.45. The number of carbonyl (C=O) groups excluding carboxylic acids is 1. The molecule has 1 aromatic rings. The van der Waals surface area contributed by atoms with Gasteiger partial charge in [0, 0.05) is 24.8 Å². The first kappa shape index (κ1) is 18.5. The van der Waals surface area contributed by atoms with Crippen LogP contribution in [0.2, 0.25) is 0 Å². The van der Waals surface area contributed by atoms with Crippen LogP contribution in [0.4, 0.5) is 0 Å². The smallest absolute Gasteiger partial charge is 0.254 e. The lowest BCUT2D eigenvalue weighted by Gasteiger charge is -2.57. The van der Waals surface area contributed by atoms with Crippen molar-refractivity contribution in [1.29, 1.82) is 0 Å². The molecule has 1 amide bonds. The van der Waals surface area contributed by atoms with Crippen molar-refractivity contribution in [2.24, 2.45) is 23.7 Å². The fourth-order valence-electron chi connectivity index (χ4n) is 6.72. The highest BCUT2D eigenvalue weighted by atomic mass is 16.5. The van der Waals surface area contributed by atoms with Gasteiger partial charge in [-0.05, 0) is 99.8 Å². The average Bonchev–Trinajstić information content (AvgIpc) is 3.22. The Bertz CT molecular complexity index is 666. The van der Waals surface area contributed by atoms with Crippen LogP contribution in [0.3, 0.4) is 0 Å². The normalized spacial score (nSPS) is 35.9. The third-order valence-corrected chi connectivity index (χ3v) is 7.70. The Kier molecular flexibility index (Phi) is 5.08. The molecule has 1 aliphatic heterocycles. The number of rotatable bonds is 6. The molecule has 28 heavy (non-hydrogen) atoms. The molecule has 0 N–H and O–H groups in total. The van der Waals surface area contributed by atoms with Crippen molar-refractivity contribution in [3.63, 3.8) is 0 Å². The van der Waals surface area contributed by atoms with Gasteiger partial charge in [-0.15, -0.1) is 0 Å². The lowest BCUT2D eigenvalue weighted by Crippen LogP contribution is -2.57. The zero-order chi connectivity index (χ0) is 19.1. The molecule has 0 radical (unpaired) electrons. The van der Waals surface area contributed by atoms with Crippen LogP contribution in [0.15, 0.2) is 24.3 Å². The van der Waals surface area contributed by atoms with Crippen LogP contribution in [0.5, 0.6) is 5.75 Å². The quantitative estimate of drug-likeness (QED) is 0.724. The van der Waals surface area contributed by atoms with Crippen LogP contribution < -0.4 is 4.74 Å². The standard InChI is InChI=1S/C24H33NO3/c1-2-25(23-19-11-16-10-17(13-19)14-20(23)12-16)24(26)18-5-7-21(8-6-18)28-15-22-4-3-9-27-22/h5-8,16-17,19-20,22-23H,2-4,9-15H2,1H3/t16?,17?,19?,20?,22-,23?/m0/s1. The number of carbonyl (C=O) groups is 1. The highest BCUT2D eigenvalue weighted by Crippen LogP contribution is 2.55. The van der Waals surface area contributed by atoms with Crippen LogP contribution >= 0.6 is 0 Å². The molecule has 0 spiro atoms. The Balaban J connectivity index is 1.25. The van der Waals surface area contributed by atoms with Crippen molar-refractivity contribution >= 4 is 5.91 Å². The van der Waals surface area contributed by atoms with Crippen LogP contribution in [-0.2, 0) is 4.74 Å². The highest BCUT2D eigenvalue weighted by molar-refractivity contribution is 5.94. The molecule has 4 aliphatic carbocycles. The summed E-state index contributed by atoms with van der Waals surface area (Å²) in [7, 11) is 0. The Hall–Kier alpha value is -1.55. The number of ether oxygens (including phenoxy) is 2. The van der Waals surface area contributed by atoms with Crippen LogP contribution in [0, 0.1) is 23.7 Å². The summed E-state index contributed by atoms with van der Waals surface area (Å²) in [5, 5.41) is 0. The molecule has 1 atom stereocenters. The van der Waals surface area contributed by atoms with E-state index in [0.29, 0.717) is 12.6 Å². The van der Waals surface area contributed by atoms with Gasteiger partial charge in [0.2, 0.25) is 0 Å².